The minimum absolute atomic E-state index is 0.147. The normalized spacial score (nSPS) is 10.7. The van der Waals surface area contributed by atoms with Crippen LogP contribution in [-0.2, 0) is 4.79 Å². The molecule has 2 aromatic heterocycles. The molecular weight excluding hydrogens is 258 g/mol. The largest absolute Gasteiger partial charge is 0.339 e. The highest BCUT2D eigenvalue weighted by atomic mass is 16.2. The van der Waals surface area contributed by atoms with Gasteiger partial charge in [0.2, 0.25) is 11.9 Å². The summed E-state index contributed by atoms with van der Waals surface area (Å²) >= 11 is 0. The van der Waals surface area contributed by atoms with E-state index in [0.717, 1.165) is 0 Å². The molecule has 3 rings (SSSR count). The second-order valence-electron chi connectivity index (χ2n) is 4.18. The van der Waals surface area contributed by atoms with Crippen molar-refractivity contribution < 1.29 is 4.79 Å². The molecule has 0 spiro atoms. The van der Waals surface area contributed by atoms with Crippen molar-refractivity contribution in [3.63, 3.8) is 0 Å². The highest BCUT2D eigenvalue weighted by molar-refractivity contribution is 5.97. The molecule has 100 valence electrons. The summed E-state index contributed by atoms with van der Waals surface area (Å²) in [6.07, 6.45) is 1.39. The van der Waals surface area contributed by atoms with Crippen LogP contribution in [0.25, 0.3) is 11.2 Å². The Bertz CT molecular complexity index is 821. The Morgan fingerprint density at radius 3 is 2.70 bits per heavy atom. The first-order valence-electron chi connectivity index (χ1n) is 5.96. The Balaban J connectivity index is 2.20. The first-order chi connectivity index (χ1) is 9.66. The predicted molar refractivity (Wildman–Crippen MR) is 73.8 cm³/mol. The van der Waals surface area contributed by atoms with Gasteiger partial charge < -0.3 is 4.98 Å². The molecule has 3 aromatic rings. The van der Waals surface area contributed by atoms with Crippen LogP contribution in [0.4, 0.5) is 11.6 Å². The van der Waals surface area contributed by atoms with Gasteiger partial charge in [0.05, 0.1) is 12.0 Å². The number of nitrogens with one attached hydrogen (secondary N) is 2. The van der Waals surface area contributed by atoms with E-state index in [0.29, 0.717) is 5.69 Å². The van der Waals surface area contributed by atoms with E-state index >= 15 is 0 Å². The zero-order chi connectivity index (χ0) is 14.1. The van der Waals surface area contributed by atoms with E-state index in [1.54, 1.807) is 24.3 Å². The van der Waals surface area contributed by atoms with Crippen molar-refractivity contribution >= 4 is 28.7 Å². The van der Waals surface area contributed by atoms with Crippen LogP contribution in [0.3, 0.4) is 0 Å². The van der Waals surface area contributed by atoms with Crippen molar-refractivity contribution in [1.82, 2.24) is 19.9 Å². The maximum Gasteiger partial charge on any atom is 0.278 e. The first-order valence-corrected chi connectivity index (χ1v) is 5.96. The lowest BCUT2D eigenvalue weighted by molar-refractivity contribution is -0.115. The second kappa shape index (κ2) is 4.61. The summed E-state index contributed by atoms with van der Waals surface area (Å²) in [5.74, 6) is -0.109. The van der Waals surface area contributed by atoms with Crippen LogP contribution in [0.15, 0.2) is 41.5 Å². The lowest BCUT2D eigenvalue weighted by Crippen LogP contribution is -2.27. The van der Waals surface area contributed by atoms with Crippen molar-refractivity contribution in [2.24, 2.45) is 0 Å². The van der Waals surface area contributed by atoms with Crippen molar-refractivity contribution in [2.45, 2.75) is 6.92 Å². The predicted octanol–water partition coefficient (Wildman–Crippen LogP) is 1.33. The number of hydrogen-bond acceptors (Lipinski definition) is 4. The monoisotopic (exact) mass is 269 g/mol. The lowest BCUT2D eigenvalue weighted by Gasteiger charge is -2.19. The Morgan fingerprint density at radius 1 is 1.25 bits per heavy atom. The smallest absolute Gasteiger partial charge is 0.278 e. The van der Waals surface area contributed by atoms with E-state index in [4.69, 9.17) is 0 Å². The standard InChI is InChI=1S/C13H11N5O2/c1-8(19)18(9-5-3-2-4-6-9)13-16-11-10(12(20)17-13)14-7-15-11/h2-7H,1H3,(H2,14,15,16,17,20). The number of hydrogen-bond donors (Lipinski definition) is 2. The minimum Gasteiger partial charge on any atom is -0.339 e. The molecule has 0 radical (unpaired) electrons. The number of rotatable bonds is 2. The molecule has 7 heteroatoms. The third-order valence-electron chi connectivity index (χ3n) is 2.82. The van der Waals surface area contributed by atoms with Gasteiger partial charge in [-0.1, -0.05) is 18.2 Å². The SMILES string of the molecule is CC(=O)N(c1ccccc1)c1nc2nc[nH]c2c(=O)[nH]1. The summed E-state index contributed by atoms with van der Waals surface area (Å²) in [5.41, 5.74) is 0.805. The molecule has 0 aliphatic rings. The van der Waals surface area contributed by atoms with E-state index in [1.807, 2.05) is 6.07 Å². The van der Waals surface area contributed by atoms with Crippen molar-refractivity contribution in [1.29, 1.82) is 0 Å². The summed E-state index contributed by atoms with van der Waals surface area (Å²) in [7, 11) is 0. The van der Waals surface area contributed by atoms with Gasteiger partial charge in [0.25, 0.3) is 5.56 Å². The van der Waals surface area contributed by atoms with E-state index in [-0.39, 0.29) is 28.6 Å². The lowest BCUT2D eigenvalue weighted by atomic mass is 10.3. The minimum atomic E-state index is -0.371. The van der Waals surface area contributed by atoms with Gasteiger partial charge >= 0.3 is 0 Å². The van der Waals surface area contributed by atoms with Gasteiger partial charge in [-0.25, -0.2) is 4.98 Å². The number of anilines is 2. The number of H-pyrrole nitrogens is 2. The molecule has 0 atom stereocenters. The fraction of sp³-hybridized carbons (Fsp3) is 0.0769. The second-order valence-corrected chi connectivity index (χ2v) is 4.18. The Morgan fingerprint density at radius 2 is 2.00 bits per heavy atom. The summed E-state index contributed by atoms with van der Waals surface area (Å²) in [6.45, 7) is 1.40. The molecule has 0 bridgehead atoms. The Kier molecular flexibility index (Phi) is 2.79. The number of amides is 1. The van der Waals surface area contributed by atoms with E-state index < -0.39 is 0 Å². The molecule has 2 N–H and O–H groups in total. The molecule has 7 nitrogen and oxygen atoms in total. The summed E-state index contributed by atoms with van der Waals surface area (Å²) in [4.78, 5) is 38.5. The Labute approximate surface area is 113 Å². The van der Waals surface area contributed by atoms with Crippen LogP contribution in [0, 0.1) is 0 Å². The molecule has 0 aliphatic heterocycles. The molecule has 20 heavy (non-hydrogen) atoms. The number of benzene rings is 1. The fourth-order valence-corrected chi connectivity index (χ4v) is 1.97. The number of carbonyl (C=O) groups is 1. The maximum atomic E-state index is 11.9. The zero-order valence-corrected chi connectivity index (χ0v) is 10.6. The zero-order valence-electron chi connectivity index (χ0n) is 10.6. The molecule has 2 heterocycles. The number of aromatic amines is 2. The number of aromatic nitrogens is 4. The highest BCUT2D eigenvalue weighted by Crippen LogP contribution is 2.21. The average molecular weight is 269 g/mol. The molecule has 1 amide bonds. The maximum absolute atomic E-state index is 11.9. The Hall–Kier alpha value is -2.96. The van der Waals surface area contributed by atoms with E-state index in [1.165, 1.54) is 18.2 Å². The van der Waals surface area contributed by atoms with Crippen molar-refractivity contribution in [3.05, 3.63) is 47.0 Å². The average Bonchev–Trinajstić information content (AvgIpc) is 2.88. The molecular formula is C13H11N5O2. The number of nitrogens with zero attached hydrogens (tertiary/aromatic N) is 3. The van der Waals surface area contributed by atoms with E-state index in [2.05, 4.69) is 19.9 Å². The highest BCUT2D eigenvalue weighted by Gasteiger charge is 2.18. The molecule has 0 fully saturated rings. The summed E-state index contributed by atoms with van der Waals surface area (Å²) in [6, 6.07) is 8.97. The van der Waals surface area contributed by atoms with Gasteiger partial charge in [0, 0.05) is 6.92 Å². The van der Waals surface area contributed by atoms with Crippen LogP contribution in [-0.4, -0.2) is 25.8 Å². The molecule has 0 saturated heterocycles. The topological polar surface area (TPSA) is 94.7 Å². The van der Waals surface area contributed by atoms with Crippen molar-refractivity contribution in [2.75, 3.05) is 4.90 Å². The molecule has 0 saturated carbocycles. The molecule has 1 aromatic carbocycles. The van der Waals surface area contributed by atoms with Crippen LogP contribution >= 0.6 is 0 Å². The molecule has 0 aliphatic carbocycles. The molecule has 0 unspecified atom stereocenters. The van der Waals surface area contributed by atoms with Crippen LogP contribution in [0.1, 0.15) is 6.92 Å². The van der Waals surface area contributed by atoms with Gasteiger partial charge in [0.1, 0.15) is 0 Å². The summed E-state index contributed by atoms with van der Waals surface area (Å²) < 4.78 is 0. The third-order valence-corrected chi connectivity index (χ3v) is 2.82. The first kappa shape index (κ1) is 12.1. The number of imidazole rings is 1. The number of carbonyl (C=O) groups excluding carboxylic acids is 1. The van der Waals surface area contributed by atoms with Gasteiger partial charge in [-0.05, 0) is 12.1 Å². The van der Waals surface area contributed by atoms with E-state index in [9.17, 15) is 9.59 Å². The van der Waals surface area contributed by atoms with Gasteiger partial charge in [-0.15, -0.1) is 0 Å². The van der Waals surface area contributed by atoms with Gasteiger partial charge in [-0.2, -0.15) is 4.98 Å². The van der Waals surface area contributed by atoms with Crippen LogP contribution in [0.5, 0.6) is 0 Å². The van der Waals surface area contributed by atoms with Crippen LogP contribution < -0.4 is 10.5 Å². The quantitative estimate of drug-likeness (QED) is 0.733. The fourth-order valence-electron chi connectivity index (χ4n) is 1.97. The number of fused-ring (bicyclic) bond motifs is 1. The number of para-hydroxylation sites is 1. The summed E-state index contributed by atoms with van der Waals surface area (Å²) in [5, 5.41) is 0. The third kappa shape index (κ3) is 1.95. The van der Waals surface area contributed by atoms with Gasteiger partial charge in [-0.3, -0.25) is 19.5 Å². The van der Waals surface area contributed by atoms with Crippen LogP contribution in [0.2, 0.25) is 0 Å². The van der Waals surface area contributed by atoms with Crippen molar-refractivity contribution in [3.8, 4) is 0 Å². The van der Waals surface area contributed by atoms with Gasteiger partial charge in [0.15, 0.2) is 11.2 Å².